The molecule has 1 atom stereocenters. The van der Waals surface area contributed by atoms with Gasteiger partial charge < -0.3 is 19.7 Å². The standard InChI is InChI=1S/C15H19BrN2O3/c16-11-3-4-13(18-5-8-20-9-6-18)12(10-11)17-15(19)14-2-1-7-21-14/h3-4,10,14H,1-2,5-9H2,(H,17,19). The third-order valence-electron chi connectivity index (χ3n) is 3.79. The molecule has 5 nitrogen and oxygen atoms in total. The van der Waals surface area contributed by atoms with E-state index >= 15 is 0 Å². The highest BCUT2D eigenvalue weighted by atomic mass is 79.9. The number of hydrogen-bond donors (Lipinski definition) is 1. The first-order chi connectivity index (χ1) is 10.2. The van der Waals surface area contributed by atoms with E-state index in [-0.39, 0.29) is 12.0 Å². The number of nitrogens with one attached hydrogen (secondary N) is 1. The van der Waals surface area contributed by atoms with Crippen LogP contribution < -0.4 is 10.2 Å². The van der Waals surface area contributed by atoms with Crippen LogP contribution in [0.15, 0.2) is 22.7 Å². The van der Waals surface area contributed by atoms with Crippen LogP contribution in [-0.2, 0) is 14.3 Å². The van der Waals surface area contributed by atoms with Crippen LogP contribution in [0.1, 0.15) is 12.8 Å². The summed E-state index contributed by atoms with van der Waals surface area (Å²) < 4.78 is 11.8. The monoisotopic (exact) mass is 354 g/mol. The highest BCUT2D eigenvalue weighted by Crippen LogP contribution is 2.30. The summed E-state index contributed by atoms with van der Waals surface area (Å²) in [7, 11) is 0. The molecule has 0 aliphatic carbocycles. The average molecular weight is 355 g/mol. The van der Waals surface area contributed by atoms with Crippen molar-refractivity contribution in [2.24, 2.45) is 0 Å². The van der Waals surface area contributed by atoms with Gasteiger partial charge in [-0.1, -0.05) is 15.9 Å². The van der Waals surface area contributed by atoms with Crippen molar-refractivity contribution >= 4 is 33.2 Å². The van der Waals surface area contributed by atoms with Crippen LogP contribution in [0.2, 0.25) is 0 Å². The number of hydrogen-bond acceptors (Lipinski definition) is 4. The van der Waals surface area contributed by atoms with Gasteiger partial charge in [0.15, 0.2) is 0 Å². The molecule has 2 heterocycles. The van der Waals surface area contributed by atoms with E-state index in [4.69, 9.17) is 9.47 Å². The van der Waals surface area contributed by atoms with Crippen molar-refractivity contribution < 1.29 is 14.3 Å². The van der Waals surface area contributed by atoms with Gasteiger partial charge in [0, 0.05) is 24.2 Å². The molecule has 6 heteroatoms. The summed E-state index contributed by atoms with van der Waals surface area (Å²) >= 11 is 3.47. The second kappa shape index (κ2) is 6.77. The van der Waals surface area contributed by atoms with Crippen molar-refractivity contribution in [1.29, 1.82) is 0 Å². The van der Waals surface area contributed by atoms with E-state index in [9.17, 15) is 4.79 Å². The molecular weight excluding hydrogens is 336 g/mol. The van der Waals surface area contributed by atoms with Crippen molar-refractivity contribution in [1.82, 2.24) is 0 Å². The van der Waals surface area contributed by atoms with Crippen molar-refractivity contribution in [3.8, 4) is 0 Å². The number of ether oxygens (including phenoxy) is 2. The van der Waals surface area contributed by atoms with Crippen molar-refractivity contribution in [2.75, 3.05) is 43.1 Å². The van der Waals surface area contributed by atoms with Gasteiger partial charge in [-0.3, -0.25) is 4.79 Å². The van der Waals surface area contributed by atoms with Gasteiger partial charge in [0.05, 0.1) is 24.6 Å². The zero-order valence-corrected chi connectivity index (χ0v) is 13.4. The maximum Gasteiger partial charge on any atom is 0.253 e. The lowest BCUT2D eigenvalue weighted by atomic mass is 10.2. The van der Waals surface area contributed by atoms with Crippen LogP contribution in [-0.4, -0.2) is 44.9 Å². The second-order valence-electron chi connectivity index (χ2n) is 5.25. The van der Waals surface area contributed by atoms with Gasteiger partial charge in [-0.15, -0.1) is 0 Å². The molecular formula is C15H19BrN2O3. The SMILES string of the molecule is O=C(Nc1cc(Br)ccc1N1CCOCC1)C1CCCO1. The summed E-state index contributed by atoms with van der Waals surface area (Å²) in [6.45, 7) is 3.78. The lowest BCUT2D eigenvalue weighted by Gasteiger charge is -2.30. The summed E-state index contributed by atoms with van der Waals surface area (Å²) in [5.41, 5.74) is 1.86. The number of halogens is 1. The molecule has 0 bridgehead atoms. The van der Waals surface area contributed by atoms with Crippen molar-refractivity contribution in [3.05, 3.63) is 22.7 Å². The summed E-state index contributed by atoms with van der Waals surface area (Å²) in [5.74, 6) is -0.0555. The van der Waals surface area contributed by atoms with E-state index in [1.54, 1.807) is 0 Å². The molecule has 0 aromatic heterocycles. The topological polar surface area (TPSA) is 50.8 Å². The Hall–Kier alpha value is -1.11. The average Bonchev–Trinajstić information content (AvgIpc) is 3.03. The molecule has 3 rings (SSSR count). The predicted molar refractivity (Wildman–Crippen MR) is 84.8 cm³/mol. The Morgan fingerprint density at radius 2 is 2.10 bits per heavy atom. The molecule has 1 amide bonds. The number of benzene rings is 1. The molecule has 0 saturated carbocycles. The number of amides is 1. The molecule has 0 spiro atoms. The van der Waals surface area contributed by atoms with Crippen molar-refractivity contribution in [2.45, 2.75) is 18.9 Å². The molecule has 1 aromatic rings. The van der Waals surface area contributed by atoms with E-state index < -0.39 is 0 Å². The minimum Gasteiger partial charge on any atom is -0.378 e. The minimum atomic E-state index is -0.318. The van der Waals surface area contributed by atoms with E-state index in [1.165, 1.54) is 0 Å². The van der Waals surface area contributed by atoms with Crippen molar-refractivity contribution in [3.63, 3.8) is 0 Å². The van der Waals surface area contributed by atoms with E-state index in [0.717, 1.165) is 55.0 Å². The summed E-state index contributed by atoms with van der Waals surface area (Å²) in [5, 5.41) is 3.01. The highest BCUT2D eigenvalue weighted by Gasteiger charge is 2.25. The molecule has 2 aliphatic heterocycles. The third-order valence-corrected chi connectivity index (χ3v) is 4.28. The fourth-order valence-electron chi connectivity index (χ4n) is 2.69. The van der Waals surface area contributed by atoms with Gasteiger partial charge in [0.25, 0.3) is 5.91 Å². The zero-order chi connectivity index (χ0) is 14.7. The molecule has 0 radical (unpaired) electrons. The lowest BCUT2D eigenvalue weighted by Crippen LogP contribution is -2.37. The first kappa shape index (κ1) is 14.8. The van der Waals surface area contributed by atoms with Crippen LogP contribution in [0.25, 0.3) is 0 Å². The summed E-state index contributed by atoms with van der Waals surface area (Å²) in [6, 6.07) is 5.96. The van der Waals surface area contributed by atoms with Crippen LogP contribution >= 0.6 is 15.9 Å². The maximum absolute atomic E-state index is 12.3. The fourth-order valence-corrected chi connectivity index (χ4v) is 3.05. The van der Waals surface area contributed by atoms with Gasteiger partial charge in [-0.25, -0.2) is 0 Å². The third kappa shape index (κ3) is 3.56. The smallest absolute Gasteiger partial charge is 0.253 e. The number of carbonyl (C=O) groups is 1. The number of rotatable bonds is 3. The van der Waals surface area contributed by atoms with Gasteiger partial charge in [0.2, 0.25) is 0 Å². The quantitative estimate of drug-likeness (QED) is 0.905. The van der Waals surface area contributed by atoms with Gasteiger partial charge in [-0.2, -0.15) is 0 Å². The first-order valence-electron chi connectivity index (χ1n) is 7.29. The lowest BCUT2D eigenvalue weighted by molar-refractivity contribution is -0.124. The van der Waals surface area contributed by atoms with Crippen LogP contribution in [0.3, 0.4) is 0 Å². The number of anilines is 2. The molecule has 2 aliphatic rings. The van der Waals surface area contributed by atoms with Crippen LogP contribution in [0.4, 0.5) is 11.4 Å². The molecule has 1 unspecified atom stereocenters. The van der Waals surface area contributed by atoms with Gasteiger partial charge in [-0.05, 0) is 31.0 Å². The van der Waals surface area contributed by atoms with Crippen LogP contribution in [0.5, 0.6) is 0 Å². The Balaban J connectivity index is 1.78. The van der Waals surface area contributed by atoms with Gasteiger partial charge >= 0.3 is 0 Å². The Morgan fingerprint density at radius 1 is 1.29 bits per heavy atom. The molecule has 114 valence electrons. The molecule has 21 heavy (non-hydrogen) atoms. The molecule has 2 fully saturated rings. The Bertz CT molecular complexity index is 512. The number of carbonyl (C=O) groups excluding carboxylic acids is 1. The fraction of sp³-hybridized carbons (Fsp3) is 0.533. The zero-order valence-electron chi connectivity index (χ0n) is 11.8. The second-order valence-corrected chi connectivity index (χ2v) is 6.17. The number of nitrogens with zero attached hydrogens (tertiary/aromatic N) is 1. The number of morpholine rings is 1. The molecule has 1 N–H and O–H groups in total. The minimum absolute atomic E-state index is 0.0555. The normalized spacial score (nSPS) is 22.3. The highest BCUT2D eigenvalue weighted by molar-refractivity contribution is 9.10. The van der Waals surface area contributed by atoms with E-state index in [2.05, 4.69) is 26.1 Å². The Kier molecular flexibility index (Phi) is 4.77. The van der Waals surface area contributed by atoms with E-state index in [1.807, 2.05) is 18.2 Å². The Morgan fingerprint density at radius 3 is 2.81 bits per heavy atom. The van der Waals surface area contributed by atoms with E-state index in [0.29, 0.717) is 6.61 Å². The largest absolute Gasteiger partial charge is 0.378 e. The summed E-state index contributed by atoms with van der Waals surface area (Å²) in [6.07, 6.45) is 1.43. The molecule has 1 aromatic carbocycles. The first-order valence-corrected chi connectivity index (χ1v) is 8.08. The maximum atomic E-state index is 12.3. The molecule has 2 saturated heterocycles. The predicted octanol–water partition coefficient (Wildman–Crippen LogP) is 2.40. The van der Waals surface area contributed by atoms with Crippen LogP contribution in [0, 0.1) is 0 Å². The summed E-state index contributed by atoms with van der Waals surface area (Å²) in [4.78, 5) is 14.5. The Labute approximate surface area is 132 Å². The van der Waals surface area contributed by atoms with Gasteiger partial charge in [0.1, 0.15) is 6.10 Å².